The summed E-state index contributed by atoms with van der Waals surface area (Å²) >= 11 is 4.82. The lowest BCUT2D eigenvalue weighted by atomic mass is 10.5. The molecule has 0 saturated carbocycles. The van der Waals surface area contributed by atoms with Crippen LogP contribution in [0, 0.1) is 10.1 Å². The van der Waals surface area contributed by atoms with Gasteiger partial charge in [-0.1, -0.05) is 0 Å². The number of thiocarbonyl (C=S) groups is 1. The first-order valence-electron chi connectivity index (χ1n) is 4.46. The Bertz CT molecular complexity index is 523. The fourth-order valence-corrected chi connectivity index (χ4v) is 1.39. The van der Waals surface area contributed by atoms with Gasteiger partial charge in [0, 0.05) is 0 Å². The number of carbonyl (C=O) groups excluding carboxylic acids is 1. The molecule has 9 heteroatoms. The number of carbonyl (C=O) groups is 1. The van der Waals surface area contributed by atoms with Crippen molar-refractivity contribution in [2.24, 2.45) is 5.10 Å². The molecule has 1 saturated heterocycles. The van der Waals surface area contributed by atoms with E-state index in [-0.39, 0.29) is 29.2 Å². The fraction of sp³-hybridized carbons (Fsp3) is 0.125. The summed E-state index contributed by atoms with van der Waals surface area (Å²) in [6, 6.07) is 2.61. The van der Waals surface area contributed by atoms with Crippen LogP contribution in [0.2, 0.25) is 0 Å². The molecule has 0 bridgehead atoms. The highest BCUT2D eigenvalue weighted by molar-refractivity contribution is 7.80. The van der Waals surface area contributed by atoms with Gasteiger partial charge in [-0.3, -0.25) is 20.2 Å². The maximum absolute atomic E-state index is 10.9. The Balaban J connectivity index is 2.07. The van der Waals surface area contributed by atoms with Crippen LogP contribution in [-0.2, 0) is 4.79 Å². The molecular weight excluding hydrogens is 248 g/mol. The second-order valence-corrected chi connectivity index (χ2v) is 3.48. The van der Waals surface area contributed by atoms with E-state index in [0.29, 0.717) is 0 Å². The third-order valence-corrected chi connectivity index (χ3v) is 2.20. The van der Waals surface area contributed by atoms with E-state index in [9.17, 15) is 14.9 Å². The smallest absolute Gasteiger partial charge is 0.400 e. The van der Waals surface area contributed by atoms with Crippen LogP contribution in [0.5, 0.6) is 0 Å². The summed E-state index contributed by atoms with van der Waals surface area (Å²) < 4.78 is 4.84. The molecule has 1 N–H and O–H groups in total. The molecule has 8 nitrogen and oxygen atoms in total. The zero-order chi connectivity index (χ0) is 12.4. The summed E-state index contributed by atoms with van der Waals surface area (Å²) in [6.45, 7) is 0.0259. The first-order valence-corrected chi connectivity index (χ1v) is 4.86. The van der Waals surface area contributed by atoms with Gasteiger partial charge in [0.25, 0.3) is 0 Å². The third-order valence-electron chi connectivity index (χ3n) is 1.89. The quantitative estimate of drug-likeness (QED) is 0.359. The predicted molar refractivity (Wildman–Crippen MR) is 60.4 cm³/mol. The molecule has 2 rings (SSSR count). The lowest BCUT2D eigenvalue weighted by Gasteiger charge is -2.05. The maximum Gasteiger partial charge on any atom is 0.433 e. The van der Waals surface area contributed by atoms with E-state index in [0.717, 1.165) is 0 Å². The van der Waals surface area contributed by atoms with Crippen LogP contribution in [0.15, 0.2) is 21.7 Å². The van der Waals surface area contributed by atoms with E-state index in [1.165, 1.54) is 23.4 Å². The Hall–Kier alpha value is -2.29. The van der Waals surface area contributed by atoms with Crippen molar-refractivity contribution in [2.45, 2.75) is 0 Å². The second-order valence-electron chi connectivity index (χ2n) is 3.09. The number of nitrogens with zero attached hydrogens (tertiary/aromatic N) is 3. The van der Waals surface area contributed by atoms with E-state index in [4.69, 9.17) is 16.6 Å². The topological polar surface area (TPSA) is 101 Å². The first kappa shape index (κ1) is 11.2. The summed E-state index contributed by atoms with van der Waals surface area (Å²) in [7, 11) is 0. The molecule has 17 heavy (non-hydrogen) atoms. The van der Waals surface area contributed by atoms with Crippen molar-refractivity contribution in [1.29, 1.82) is 0 Å². The van der Waals surface area contributed by atoms with Crippen LogP contribution in [0.1, 0.15) is 5.76 Å². The van der Waals surface area contributed by atoms with Crippen molar-refractivity contribution >= 4 is 35.3 Å². The summed E-state index contributed by atoms with van der Waals surface area (Å²) in [4.78, 5) is 20.6. The lowest BCUT2D eigenvalue weighted by Crippen LogP contribution is -2.23. The van der Waals surface area contributed by atoms with Crippen molar-refractivity contribution in [1.82, 2.24) is 10.3 Å². The van der Waals surface area contributed by atoms with Crippen molar-refractivity contribution in [3.63, 3.8) is 0 Å². The van der Waals surface area contributed by atoms with Gasteiger partial charge in [-0.2, -0.15) is 5.10 Å². The van der Waals surface area contributed by atoms with Crippen molar-refractivity contribution in [3.8, 4) is 0 Å². The fourth-order valence-electron chi connectivity index (χ4n) is 1.16. The van der Waals surface area contributed by atoms with E-state index < -0.39 is 4.92 Å². The third kappa shape index (κ3) is 2.45. The standard InChI is InChI=1S/C8H6N4O4S/c13-6-4-11(8(17)10-6)9-3-5-1-2-7(16-5)12(14)15/h1-3H,4H2,(H,10,13,17)/b9-3+. The molecule has 88 valence electrons. The number of hydrazone groups is 1. The molecule has 0 aliphatic carbocycles. The van der Waals surface area contributed by atoms with Gasteiger partial charge >= 0.3 is 5.88 Å². The SMILES string of the molecule is O=C1CN(/N=C/c2ccc([N+](=O)[O-])o2)C(=S)N1. The molecule has 0 atom stereocenters. The number of hydrogen-bond donors (Lipinski definition) is 1. The van der Waals surface area contributed by atoms with Crippen LogP contribution < -0.4 is 5.32 Å². The number of amides is 1. The van der Waals surface area contributed by atoms with Gasteiger partial charge in [0.15, 0.2) is 10.9 Å². The van der Waals surface area contributed by atoms with Crippen molar-refractivity contribution in [2.75, 3.05) is 6.54 Å². The number of nitro groups is 1. The van der Waals surface area contributed by atoms with Gasteiger partial charge in [0.05, 0.1) is 12.3 Å². The van der Waals surface area contributed by atoms with Gasteiger partial charge < -0.3 is 4.42 Å². The Kier molecular flexibility index (Phi) is 2.83. The monoisotopic (exact) mass is 254 g/mol. The average molecular weight is 254 g/mol. The molecular formula is C8H6N4O4S. The zero-order valence-corrected chi connectivity index (χ0v) is 9.14. The highest BCUT2D eigenvalue weighted by Gasteiger charge is 2.22. The summed E-state index contributed by atoms with van der Waals surface area (Å²) in [5, 5.41) is 18.1. The van der Waals surface area contributed by atoms with E-state index in [1.54, 1.807) is 0 Å². The molecule has 0 aromatic carbocycles. The number of nitrogens with one attached hydrogen (secondary N) is 1. The van der Waals surface area contributed by atoms with Crippen LogP contribution in [0.25, 0.3) is 0 Å². The zero-order valence-electron chi connectivity index (χ0n) is 8.32. The second kappa shape index (κ2) is 4.29. The van der Waals surface area contributed by atoms with Gasteiger partial charge in [-0.15, -0.1) is 0 Å². The van der Waals surface area contributed by atoms with E-state index in [1.807, 2.05) is 0 Å². The Labute approximate surface area is 100 Å². The minimum Gasteiger partial charge on any atom is -0.400 e. The minimum atomic E-state index is -0.650. The molecule has 1 fully saturated rings. The van der Waals surface area contributed by atoms with Gasteiger partial charge in [-0.05, 0) is 18.3 Å². The molecule has 1 aliphatic heterocycles. The predicted octanol–water partition coefficient (Wildman–Crippen LogP) is 0.238. The molecule has 1 aliphatic rings. The number of rotatable bonds is 3. The van der Waals surface area contributed by atoms with Gasteiger partial charge in [0.2, 0.25) is 5.91 Å². The molecule has 0 radical (unpaired) electrons. The molecule has 0 spiro atoms. The Morgan fingerprint density at radius 3 is 2.94 bits per heavy atom. The number of furan rings is 1. The maximum atomic E-state index is 10.9. The van der Waals surface area contributed by atoms with Gasteiger partial charge in [-0.25, -0.2) is 5.01 Å². The van der Waals surface area contributed by atoms with Crippen LogP contribution in [0.4, 0.5) is 5.88 Å². The van der Waals surface area contributed by atoms with E-state index in [2.05, 4.69) is 10.4 Å². The van der Waals surface area contributed by atoms with E-state index >= 15 is 0 Å². The molecule has 1 aromatic rings. The van der Waals surface area contributed by atoms with Crippen LogP contribution >= 0.6 is 12.2 Å². The highest BCUT2D eigenvalue weighted by atomic mass is 32.1. The summed E-state index contributed by atoms with van der Waals surface area (Å²) in [5.41, 5.74) is 0. The lowest BCUT2D eigenvalue weighted by molar-refractivity contribution is -0.402. The molecule has 1 aromatic heterocycles. The van der Waals surface area contributed by atoms with Crippen LogP contribution in [-0.4, -0.2) is 33.7 Å². The van der Waals surface area contributed by atoms with Gasteiger partial charge in [0.1, 0.15) is 11.5 Å². The Morgan fingerprint density at radius 1 is 1.65 bits per heavy atom. The highest BCUT2D eigenvalue weighted by Crippen LogP contribution is 2.14. The molecule has 2 heterocycles. The van der Waals surface area contributed by atoms with Crippen molar-refractivity contribution < 1.29 is 14.1 Å². The van der Waals surface area contributed by atoms with Crippen molar-refractivity contribution in [3.05, 3.63) is 28.0 Å². The minimum absolute atomic E-state index is 0.0259. The van der Waals surface area contributed by atoms with Crippen LogP contribution in [0.3, 0.4) is 0 Å². The molecule has 0 unspecified atom stereocenters. The number of hydrogen-bond acceptors (Lipinski definition) is 6. The molecule has 1 amide bonds. The normalized spacial score (nSPS) is 15.6. The Morgan fingerprint density at radius 2 is 2.41 bits per heavy atom. The average Bonchev–Trinajstić information content (AvgIpc) is 2.82. The largest absolute Gasteiger partial charge is 0.433 e. The summed E-state index contributed by atoms with van der Waals surface area (Å²) in [5.74, 6) is -0.416. The summed E-state index contributed by atoms with van der Waals surface area (Å²) in [6.07, 6.45) is 1.25. The first-order chi connectivity index (χ1) is 8.06.